The van der Waals surface area contributed by atoms with Gasteiger partial charge in [-0.05, 0) is 26.0 Å². The van der Waals surface area contributed by atoms with Gasteiger partial charge in [-0.25, -0.2) is 4.98 Å². The van der Waals surface area contributed by atoms with Crippen LogP contribution >= 0.6 is 11.3 Å². The molecule has 2 heterocycles. The van der Waals surface area contributed by atoms with Gasteiger partial charge in [0.2, 0.25) is 0 Å². The van der Waals surface area contributed by atoms with Crippen LogP contribution in [0, 0.1) is 0 Å². The van der Waals surface area contributed by atoms with Crippen molar-refractivity contribution in [3.63, 3.8) is 0 Å². The smallest absolute Gasteiger partial charge is 0.117 e. The van der Waals surface area contributed by atoms with Crippen LogP contribution in [0.25, 0.3) is 10.9 Å². The number of nitrogen functional groups attached to an aromatic ring is 1. The molecule has 3 aromatic rings. The standard InChI is InChI=1S/C13H15N5S/c1-13(2,12-15-3-4-19-12)17-11-6-10-8(5-9(11)14)7-16-18-10/h3-7,17H,14H2,1-2H3,(H,16,18). The van der Waals surface area contributed by atoms with Gasteiger partial charge >= 0.3 is 0 Å². The van der Waals surface area contributed by atoms with Gasteiger partial charge in [-0.15, -0.1) is 11.3 Å². The molecular weight excluding hydrogens is 258 g/mol. The normalized spacial score (nSPS) is 11.9. The van der Waals surface area contributed by atoms with E-state index >= 15 is 0 Å². The summed E-state index contributed by atoms with van der Waals surface area (Å²) < 4.78 is 0. The van der Waals surface area contributed by atoms with Gasteiger partial charge < -0.3 is 11.1 Å². The summed E-state index contributed by atoms with van der Waals surface area (Å²) in [6.07, 6.45) is 3.58. The predicted molar refractivity (Wildman–Crippen MR) is 79.3 cm³/mol. The number of aromatic amines is 1. The van der Waals surface area contributed by atoms with Crippen LogP contribution in [0.3, 0.4) is 0 Å². The number of benzene rings is 1. The predicted octanol–water partition coefficient (Wildman–Crippen LogP) is 2.95. The molecule has 5 nitrogen and oxygen atoms in total. The summed E-state index contributed by atoms with van der Waals surface area (Å²) in [6, 6.07) is 3.89. The van der Waals surface area contributed by atoms with Crippen LogP contribution < -0.4 is 11.1 Å². The number of hydrogen-bond donors (Lipinski definition) is 3. The Bertz CT molecular complexity index is 699. The van der Waals surface area contributed by atoms with Crippen LogP contribution in [0.5, 0.6) is 0 Å². The van der Waals surface area contributed by atoms with E-state index < -0.39 is 0 Å². The molecule has 0 amide bonds. The van der Waals surface area contributed by atoms with Crippen LogP contribution in [-0.2, 0) is 5.54 Å². The van der Waals surface area contributed by atoms with Crippen molar-refractivity contribution in [1.82, 2.24) is 15.2 Å². The Hall–Kier alpha value is -2.08. The maximum absolute atomic E-state index is 6.09. The molecule has 0 saturated carbocycles. The van der Waals surface area contributed by atoms with Gasteiger partial charge in [0, 0.05) is 17.0 Å². The fraction of sp³-hybridized carbons (Fsp3) is 0.231. The van der Waals surface area contributed by atoms with Crippen molar-refractivity contribution in [3.05, 3.63) is 34.9 Å². The Kier molecular flexibility index (Phi) is 2.67. The molecule has 0 spiro atoms. The van der Waals surface area contributed by atoms with Crippen LogP contribution in [0.15, 0.2) is 29.9 Å². The van der Waals surface area contributed by atoms with Gasteiger partial charge in [-0.3, -0.25) is 5.10 Å². The third-order valence-corrected chi connectivity index (χ3v) is 4.12. The third-order valence-electron chi connectivity index (χ3n) is 3.02. The maximum Gasteiger partial charge on any atom is 0.117 e. The van der Waals surface area contributed by atoms with Gasteiger partial charge in [-0.2, -0.15) is 5.10 Å². The van der Waals surface area contributed by atoms with Gasteiger partial charge in [0.1, 0.15) is 5.01 Å². The lowest BCUT2D eigenvalue weighted by Gasteiger charge is -2.26. The largest absolute Gasteiger partial charge is 0.397 e. The van der Waals surface area contributed by atoms with Crippen LogP contribution in [-0.4, -0.2) is 15.2 Å². The Morgan fingerprint density at radius 1 is 1.37 bits per heavy atom. The highest BCUT2D eigenvalue weighted by Crippen LogP contribution is 2.32. The van der Waals surface area contributed by atoms with E-state index in [0.717, 1.165) is 21.6 Å². The van der Waals surface area contributed by atoms with E-state index in [1.807, 2.05) is 23.7 Å². The molecule has 19 heavy (non-hydrogen) atoms. The molecule has 0 bridgehead atoms. The van der Waals surface area contributed by atoms with Crippen LogP contribution in [0.4, 0.5) is 11.4 Å². The molecule has 3 rings (SSSR count). The summed E-state index contributed by atoms with van der Waals surface area (Å²) in [7, 11) is 0. The average molecular weight is 273 g/mol. The van der Waals surface area contributed by atoms with Crippen molar-refractivity contribution in [1.29, 1.82) is 0 Å². The first-order valence-electron chi connectivity index (χ1n) is 5.97. The Balaban J connectivity index is 1.98. The van der Waals surface area contributed by atoms with Gasteiger partial charge in [0.15, 0.2) is 0 Å². The Morgan fingerprint density at radius 3 is 2.95 bits per heavy atom. The molecule has 2 aromatic heterocycles. The number of nitrogens with two attached hydrogens (primary N) is 1. The van der Waals surface area contributed by atoms with E-state index in [0.29, 0.717) is 5.69 Å². The maximum atomic E-state index is 6.09. The number of thiazole rings is 1. The molecule has 0 radical (unpaired) electrons. The first kappa shape index (κ1) is 12.0. The van der Waals surface area contributed by atoms with Crippen molar-refractivity contribution in [3.8, 4) is 0 Å². The van der Waals surface area contributed by atoms with Crippen molar-refractivity contribution >= 4 is 33.6 Å². The second-order valence-corrected chi connectivity index (χ2v) is 5.88. The molecule has 4 N–H and O–H groups in total. The van der Waals surface area contributed by atoms with Crippen LogP contribution in [0.1, 0.15) is 18.9 Å². The molecule has 1 aromatic carbocycles. The number of nitrogens with one attached hydrogen (secondary N) is 2. The summed E-state index contributed by atoms with van der Waals surface area (Å²) in [6.45, 7) is 4.17. The highest BCUT2D eigenvalue weighted by Gasteiger charge is 2.24. The Morgan fingerprint density at radius 2 is 2.21 bits per heavy atom. The average Bonchev–Trinajstić information content (AvgIpc) is 2.98. The zero-order valence-corrected chi connectivity index (χ0v) is 11.6. The SMILES string of the molecule is CC(C)(Nc1cc2[nH]ncc2cc1N)c1nccs1. The molecule has 98 valence electrons. The fourth-order valence-corrected chi connectivity index (χ4v) is 2.76. The summed E-state index contributed by atoms with van der Waals surface area (Å²) in [5.41, 5.74) is 8.37. The van der Waals surface area contributed by atoms with Gasteiger partial charge in [-0.1, -0.05) is 0 Å². The summed E-state index contributed by atoms with van der Waals surface area (Å²) in [4.78, 5) is 4.36. The Labute approximate surface area is 114 Å². The number of hydrogen-bond acceptors (Lipinski definition) is 5. The first-order valence-corrected chi connectivity index (χ1v) is 6.85. The number of anilines is 2. The molecule has 0 fully saturated rings. The third kappa shape index (κ3) is 2.15. The number of H-pyrrole nitrogens is 1. The molecule has 0 aliphatic rings. The second kappa shape index (κ2) is 4.24. The summed E-state index contributed by atoms with van der Waals surface area (Å²) in [5.74, 6) is 0. The lowest BCUT2D eigenvalue weighted by molar-refractivity contribution is 0.605. The molecular formula is C13H15N5S. The zero-order valence-electron chi connectivity index (χ0n) is 10.8. The highest BCUT2D eigenvalue weighted by molar-refractivity contribution is 7.09. The fourth-order valence-electron chi connectivity index (χ4n) is 2.04. The molecule has 0 atom stereocenters. The number of nitrogens with zero attached hydrogens (tertiary/aromatic N) is 2. The van der Waals surface area contributed by atoms with E-state index in [4.69, 9.17) is 5.73 Å². The first-order chi connectivity index (χ1) is 9.06. The molecule has 0 aliphatic carbocycles. The number of aromatic nitrogens is 3. The molecule has 6 heteroatoms. The van der Waals surface area contributed by atoms with Gasteiger partial charge in [0.05, 0.1) is 28.6 Å². The quantitative estimate of drug-likeness (QED) is 0.641. The molecule has 0 saturated heterocycles. The van der Waals surface area contributed by atoms with Crippen molar-refractivity contribution in [2.24, 2.45) is 0 Å². The van der Waals surface area contributed by atoms with Crippen LogP contribution in [0.2, 0.25) is 0 Å². The number of rotatable bonds is 3. The minimum absolute atomic E-state index is 0.268. The van der Waals surface area contributed by atoms with E-state index in [2.05, 4.69) is 34.3 Å². The number of fused-ring (bicyclic) bond motifs is 1. The second-order valence-electron chi connectivity index (χ2n) is 4.98. The summed E-state index contributed by atoms with van der Waals surface area (Å²) >= 11 is 1.63. The zero-order chi connectivity index (χ0) is 13.5. The molecule has 0 unspecified atom stereocenters. The lowest BCUT2D eigenvalue weighted by Crippen LogP contribution is -2.28. The van der Waals surface area contributed by atoms with E-state index in [9.17, 15) is 0 Å². The minimum atomic E-state index is -0.268. The molecule has 0 aliphatic heterocycles. The van der Waals surface area contributed by atoms with E-state index in [-0.39, 0.29) is 5.54 Å². The van der Waals surface area contributed by atoms with E-state index in [1.165, 1.54) is 0 Å². The van der Waals surface area contributed by atoms with E-state index in [1.54, 1.807) is 17.5 Å². The summed E-state index contributed by atoms with van der Waals surface area (Å²) in [5, 5.41) is 14.4. The van der Waals surface area contributed by atoms with Crippen molar-refractivity contribution in [2.45, 2.75) is 19.4 Å². The minimum Gasteiger partial charge on any atom is -0.397 e. The lowest BCUT2D eigenvalue weighted by atomic mass is 10.1. The van der Waals surface area contributed by atoms with Crippen molar-refractivity contribution in [2.75, 3.05) is 11.1 Å². The topological polar surface area (TPSA) is 79.6 Å². The highest BCUT2D eigenvalue weighted by atomic mass is 32.1. The van der Waals surface area contributed by atoms with Crippen molar-refractivity contribution < 1.29 is 0 Å². The van der Waals surface area contributed by atoms with Gasteiger partial charge in [0.25, 0.3) is 0 Å². The monoisotopic (exact) mass is 273 g/mol.